The summed E-state index contributed by atoms with van der Waals surface area (Å²) >= 11 is 7.44. The van der Waals surface area contributed by atoms with Crippen LogP contribution in [0.3, 0.4) is 0 Å². The number of nitrogens with zero attached hydrogens (tertiary/aromatic N) is 3. The lowest BCUT2D eigenvalue weighted by atomic mass is 9.73. The van der Waals surface area contributed by atoms with Crippen molar-refractivity contribution < 1.29 is 23.5 Å². The van der Waals surface area contributed by atoms with E-state index in [9.17, 15) is 18.8 Å². The number of hydrogen-bond donors (Lipinski definition) is 2. The smallest absolute Gasteiger partial charge is 0.265 e. The minimum atomic E-state index is -0.615. The van der Waals surface area contributed by atoms with E-state index in [0.29, 0.717) is 40.5 Å². The van der Waals surface area contributed by atoms with Crippen molar-refractivity contribution in [1.29, 1.82) is 0 Å². The number of halogens is 2. The zero-order valence-electron chi connectivity index (χ0n) is 29.6. The molecule has 3 aliphatic heterocycles. The Morgan fingerprint density at radius 1 is 0.855 bits per heavy atom. The number of anilines is 4. The van der Waals surface area contributed by atoms with Gasteiger partial charge in [0.1, 0.15) is 11.6 Å². The highest BCUT2D eigenvalue weighted by atomic mass is 35.5. The minimum absolute atomic E-state index is 0.0637. The first-order valence-corrected chi connectivity index (χ1v) is 19.4. The molecule has 9 nitrogen and oxygen atoms in total. The molecule has 3 amide bonds. The van der Waals surface area contributed by atoms with Gasteiger partial charge in [-0.25, -0.2) is 9.37 Å². The maximum absolute atomic E-state index is 14.4. The highest BCUT2D eigenvalue weighted by molar-refractivity contribution is 7.17. The van der Waals surface area contributed by atoms with Crippen molar-refractivity contribution in [3.05, 3.63) is 136 Å². The van der Waals surface area contributed by atoms with Crippen LogP contribution in [0.1, 0.15) is 48.8 Å². The van der Waals surface area contributed by atoms with Crippen molar-refractivity contribution in [3.63, 3.8) is 0 Å². The third kappa shape index (κ3) is 6.62. The van der Waals surface area contributed by atoms with Crippen molar-refractivity contribution in [1.82, 2.24) is 4.98 Å². The largest absolute Gasteiger partial charge is 0.381 e. The number of thiophene rings is 1. The summed E-state index contributed by atoms with van der Waals surface area (Å²) < 4.78 is 20.0. The number of benzene rings is 4. The van der Waals surface area contributed by atoms with Crippen molar-refractivity contribution >= 4 is 74.4 Å². The van der Waals surface area contributed by atoms with Crippen LogP contribution in [0.5, 0.6) is 0 Å². The number of carbonyl (C=O) groups excluding carboxylic acids is 3. The standard InChI is InChI=1S/C43H35ClFN5O4S/c44-32-8-5-9-33(45)37(32)48-41(52)36-23-28-16-19-50(35-11-4-2-7-30(35)38(28)55-36)42(53)26-12-14-29(15-13-26)46-40(51)31-22-27-6-1-3-10-34(27)47-39(31)49-24-43(25-49)17-20-54-21-18-43/h1-15,22-23H,16-21,24-25H2,(H,46,51)(H,48,52). The van der Waals surface area contributed by atoms with Gasteiger partial charge >= 0.3 is 0 Å². The Labute approximate surface area is 325 Å². The number of pyridine rings is 1. The molecule has 0 saturated carbocycles. The number of para-hydroxylation sites is 3. The van der Waals surface area contributed by atoms with Gasteiger partial charge in [0.15, 0.2) is 0 Å². The molecule has 5 heterocycles. The van der Waals surface area contributed by atoms with Crippen LogP contribution in [-0.4, -0.2) is 55.6 Å². The molecule has 0 radical (unpaired) electrons. The fraction of sp³-hybridized carbons (Fsp3) is 0.209. The van der Waals surface area contributed by atoms with Crippen LogP contribution in [0, 0.1) is 11.2 Å². The van der Waals surface area contributed by atoms with Gasteiger partial charge in [0.2, 0.25) is 0 Å². The zero-order chi connectivity index (χ0) is 37.7. The number of fused-ring (bicyclic) bond motifs is 4. The van der Waals surface area contributed by atoms with E-state index in [-0.39, 0.29) is 27.9 Å². The van der Waals surface area contributed by atoms with Crippen LogP contribution in [0.15, 0.2) is 103 Å². The quantitative estimate of drug-likeness (QED) is 0.175. The summed E-state index contributed by atoms with van der Waals surface area (Å²) in [5, 5.41) is 6.66. The predicted octanol–water partition coefficient (Wildman–Crippen LogP) is 9.08. The van der Waals surface area contributed by atoms with Gasteiger partial charge in [-0.05, 0) is 85.5 Å². The SMILES string of the molecule is O=C(Nc1c(F)cccc1Cl)c1cc2c(s1)-c1ccccc1N(C(=O)c1ccc(NC(=O)c3cc4ccccc4nc3N3CC4(CCOCC4)C3)cc1)CC2. The molecule has 12 heteroatoms. The lowest BCUT2D eigenvalue weighted by Crippen LogP contribution is -2.59. The fourth-order valence-corrected chi connectivity index (χ4v) is 9.16. The zero-order valence-corrected chi connectivity index (χ0v) is 31.2. The number of rotatable bonds is 6. The second-order valence-electron chi connectivity index (χ2n) is 14.3. The molecule has 2 aromatic heterocycles. The van der Waals surface area contributed by atoms with Crippen LogP contribution < -0.4 is 20.4 Å². The molecule has 0 aliphatic carbocycles. The minimum Gasteiger partial charge on any atom is -0.381 e. The molecular weight excluding hydrogens is 737 g/mol. The molecule has 9 rings (SSSR count). The van der Waals surface area contributed by atoms with Crippen LogP contribution in [-0.2, 0) is 11.2 Å². The van der Waals surface area contributed by atoms with Crippen molar-refractivity contribution in [2.24, 2.45) is 5.41 Å². The summed E-state index contributed by atoms with van der Waals surface area (Å²) in [6, 6.07) is 30.3. The van der Waals surface area contributed by atoms with Gasteiger partial charge in [-0.3, -0.25) is 14.4 Å². The maximum Gasteiger partial charge on any atom is 0.265 e. The van der Waals surface area contributed by atoms with Gasteiger partial charge in [-0.15, -0.1) is 11.3 Å². The highest BCUT2D eigenvalue weighted by Crippen LogP contribution is 2.44. The molecule has 0 bridgehead atoms. The number of ether oxygens (including phenoxy) is 1. The Morgan fingerprint density at radius 2 is 1.62 bits per heavy atom. The molecule has 0 unspecified atom stereocenters. The first-order chi connectivity index (χ1) is 26.7. The van der Waals surface area contributed by atoms with Crippen LogP contribution in [0.4, 0.5) is 27.3 Å². The van der Waals surface area contributed by atoms with E-state index < -0.39 is 11.7 Å². The molecule has 3 aliphatic rings. The second-order valence-corrected chi connectivity index (χ2v) is 15.8. The number of carbonyl (C=O) groups is 3. The first-order valence-electron chi connectivity index (χ1n) is 18.2. The molecule has 2 fully saturated rings. The molecule has 0 atom stereocenters. The monoisotopic (exact) mass is 771 g/mol. The average molecular weight is 772 g/mol. The fourth-order valence-electron chi connectivity index (χ4n) is 7.81. The molecule has 6 aromatic rings. The van der Waals surface area contributed by atoms with Gasteiger partial charge < -0.3 is 25.2 Å². The van der Waals surface area contributed by atoms with E-state index in [0.717, 1.165) is 71.7 Å². The Morgan fingerprint density at radius 3 is 2.42 bits per heavy atom. The van der Waals surface area contributed by atoms with Gasteiger partial charge in [-0.1, -0.05) is 54.1 Å². The predicted molar refractivity (Wildman–Crippen MR) is 215 cm³/mol. The van der Waals surface area contributed by atoms with Gasteiger partial charge in [0.25, 0.3) is 17.7 Å². The normalized spacial score (nSPS) is 15.8. The van der Waals surface area contributed by atoms with Gasteiger partial charge in [-0.2, -0.15) is 0 Å². The molecule has 55 heavy (non-hydrogen) atoms. The van der Waals surface area contributed by atoms with E-state index >= 15 is 0 Å². The summed E-state index contributed by atoms with van der Waals surface area (Å²) in [4.78, 5) is 51.4. The van der Waals surface area contributed by atoms with Crippen molar-refractivity contribution in [3.8, 4) is 10.4 Å². The topological polar surface area (TPSA) is 104 Å². The highest BCUT2D eigenvalue weighted by Gasteiger charge is 2.45. The third-order valence-electron chi connectivity index (χ3n) is 10.8. The summed E-state index contributed by atoms with van der Waals surface area (Å²) in [7, 11) is 0. The molecule has 276 valence electrons. The average Bonchev–Trinajstić information content (AvgIpc) is 3.56. The van der Waals surface area contributed by atoms with Crippen LogP contribution in [0.25, 0.3) is 21.3 Å². The lowest BCUT2D eigenvalue weighted by molar-refractivity contribution is -0.000492. The molecule has 1 spiro atoms. The lowest BCUT2D eigenvalue weighted by Gasteiger charge is -2.53. The van der Waals surface area contributed by atoms with E-state index in [1.807, 2.05) is 54.6 Å². The molecule has 2 N–H and O–H groups in total. The number of aromatic nitrogens is 1. The summed E-state index contributed by atoms with van der Waals surface area (Å²) in [6.07, 6.45) is 2.52. The third-order valence-corrected chi connectivity index (χ3v) is 12.3. The van der Waals surface area contributed by atoms with Crippen molar-refractivity contribution in [2.75, 3.05) is 53.3 Å². The summed E-state index contributed by atoms with van der Waals surface area (Å²) in [5.74, 6) is -0.849. The molecule has 4 aromatic carbocycles. The molecular formula is C43H35ClFN5O4S. The first kappa shape index (κ1) is 35.1. The number of nitrogens with one attached hydrogen (secondary N) is 2. The maximum atomic E-state index is 14.4. The second kappa shape index (κ2) is 14.2. The Bertz CT molecular complexity index is 2470. The van der Waals surface area contributed by atoms with Gasteiger partial charge in [0.05, 0.1) is 32.4 Å². The van der Waals surface area contributed by atoms with E-state index in [1.54, 1.807) is 35.2 Å². The summed E-state index contributed by atoms with van der Waals surface area (Å²) in [5.41, 5.74) is 4.98. The summed E-state index contributed by atoms with van der Waals surface area (Å²) in [6.45, 7) is 3.59. The van der Waals surface area contributed by atoms with E-state index in [1.165, 1.54) is 29.5 Å². The Hall–Kier alpha value is -5.62. The Kier molecular flexibility index (Phi) is 9.08. The number of hydrogen-bond acceptors (Lipinski definition) is 7. The van der Waals surface area contributed by atoms with Crippen LogP contribution in [0.2, 0.25) is 5.02 Å². The Balaban J connectivity index is 0.927. The van der Waals surface area contributed by atoms with E-state index in [2.05, 4.69) is 15.5 Å². The molecule has 2 saturated heterocycles. The number of amides is 3. The van der Waals surface area contributed by atoms with Gasteiger partial charge in [0, 0.05) is 65.3 Å². The van der Waals surface area contributed by atoms with Crippen LogP contribution >= 0.6 is 22.9 Å². The van der Waals surface area contributed by atoms with Crippen molar-refractivity contribution in [2.45, 2.75) is 19.3 Å². The van der Waals surface area contributed by atoms with E-state index in [4.69, 9.17) is 21.3 Å².